The Bertz CT molecular complexity index is 1300. The molecule has 0 atom stereocenters. The fourth-order valence-corrected chi connectivity index (χ4v) is 3.04. The van der Waals surface area contributed by atoms with Crippen molar-refractivity contribution < 1.29 is 22.4 Å². The Kier molecular flexibility index (Phi) is 7.30. The van der Waals surface area contributed by atoms with E-state index >= 15 is 0 Å². The second kappa shape index (κ2) is 10.00. The van der Waals surface area contributed by atoms with Gasteiger partial charge in [0, 0.05) is 13.1 Å². The molecule has 0 aliphatic heterocycles. The van der Waals surface area contributed by atoms with Crippen molar-refractivity contribution in [1.82, 2.24) is 24.6 Å². The molecule has 1 N–H and O–H groups in total. The lowest BCUT2D eigenvalue weighted by atomic mass is 10.1. The summed E-state index contributed by atoms with van der Waals surface area (Å²) < 4.78 is 54.1. The van der Waals surface area contributed by atoms with Gasteiger partial charge >= 0.3 is 11.9 Å². The lowest BCUT2D eigenvalue weighted by Gasteiger charge is -2.14. The number of carbonyl (C=O) groups excluding carboxylic acids is 1. The maximum Gasteiger partial charge on any atom is 0.416 e. The van der Waals surface area contributed by atoms with Crippen LogP contribution in [-0.2, 0) is 12.7 Å². The van der Waals surface area contributed by atoms with Gasteiger partial charge in [0.05, 0.1) is 12.1 Å². The largest absolute Gasteiger partial charge is 0.416 e. The van der Waals surface area contributed by atoms with E-state index in [1.165, 1.54) is 18.2 Å². The van der Waals surface area contributed by atoms with Crippen molar-refractivity contribution in [2.45, 2.75) is 12.7 Å². The maximum absolute atomic E-state index is 14.4. The minimum absolute atomic E-state index is 0.171. The standard InChI is InChI=1S/C22H21F4N5O3/c1-29(2)12-11-27-19(32)18-20(33)30(13-14-7-9-15(10-8-14)22(24,25)26)21(34)31(28-18)17-6-4-3-5-16(17)23/h3-10H,11-13H2,1-2H3,(H,27,32). The summed E-state index contributed by atoms with van der Waals surface area (Å²) >= 11 is 0. The highest BCUT2D eigenvalue weighted by molar-refractivity contribution is 5.91. The molecule has 1 heterocycles. The molecule has 0 unspecified atom stereocenters. The van der Waals surface area contributed by atoms with Crippen LogP contribution in [0.25, 0.3) is 5.69 Å². The molecular weight excluding hydrogens is 458 g/mol. The third-order valence-electron chi connectivity index (χ3n) is 4.82. The van der Waals surface area contributed by atoms with Crippen LogP contribution in [0.3, 0.4) is 0 Å². The summed E-state index contributed by atoms with van der Waals surface area (Å²) in [6.45, 7) is 0.174. The van der Waals surface area contributed by atoms with Crippen LogP contribution in [0.2, 0.25) is 0 Å². The monoisotopic (exact) mass is 479 g/mol. The molecule has 2 aromatic carbocycles. The normalized spacial score (nSPS) is 11.6. The van der Waals surface area contributed by atoms with E-state index in [-0.39, 0.29) is 17.8 Å². The third-order valence-corrected chi connectivity index (χ3v) is 4.82. The zero-order chi connectivity index (χ0) is 25.0. The zero-order valence-corrected chi connectivity index (χ0v) is 18.3. The molecule has 180 valence electrons. The molecule has 34 heavy (non-hydrogen) atoms. The van der Waals surface area contributed by atoms with Gasteiger partial charge in [-0.25, -0.2) is 9.18 Å². The van der Waals surface area contributed by atoms with E-state index in [0.29, 0.717) is 15.8 Å². The first-order valence-corrected chi connectivity index (χ1v) is 10.1. The number of likely N-dealkylation sites (N-methyl/N-ethyl adjacent to an activating group) is 1. The second-order valence-corrected chi connectivity index (χ2v) is 7.64. The van der Waals surface area contributed by atoms with Crippen LogP contribution in [0.1, 0.15) is 21.6 Å². The molecule has 0 radical (unpaired) electrons. The minimum Gasteiger partial charge on any atom is -0.349 e. The van der Waals surface area contributed by atoms with Crippen LogP contribution < -0.4 is 16.6 Å². The molecule has 0 aliphatic rings. The van der Waals surface area contributed by atoms with Crippen LogP contribution in [0.5, 0.6) is 0 Å². The summed E-state index contributed by atoms with van der Waals surface area (Å²) in [5.41, 5.74) is -3.77. The average Bonchev–Trinajstić information content (AvgIpc) is 2.77. The lowest BCUT2D eigenvalue weighted by molar-refractivity contribution is -0.137. The molecule has 3 rings (SSSR count). The Labute approximate surface area is 191 Å². The first-order valence-electron chi connectivity index (χ1n) is 10.1. The van der Waals surface area contributed by atoms with Crippen molar-refractivity contribution in [2.24, 2.45) is 0 Å². The Morgan fingerprint density at radius 3 is 2.29 bits per heavy atom. The number of nitrogens with one attached hydrogen (secondary N) is 1. The minimum atomic E-state index is -4.55. The molecule has 1 aromatic heterocycles. The van der Waals surface area contributed by atoms with Gasteiger partial charge in [-0.2, -0.15) is 23.0 Å². The number of nitrogens with zero attached hydrogens (tertiary/aromatic N) is 4. The van der Waals surface area contributed by atoms with Crippen molar-refractivity contribution in [2.75, 3.05) is 27.2 Å². The van der Waals surface area contributed by atoms with E-state index in [4.69, 9.17) is 0 Å². The molecule has 0 spiro atoms. The quantitative estimate of drug-likeness (QED) is 0.523. The molecule has 0 saturated carbocycles. The van der Waals surface area contributed by atoms with Crippen molar-refractivity contribution in [1.29, 1.82) is 0 Å². The van der Waals surface area contributed by atoms with Crippen LogP contribution in [0.15, 0.2) is 58.1 Å². The van der Waals surface area contributed by atoms with Crippen LogP contribution in [0.4, 0.5) is 17.6 Å². The Morgan fingerprint density at radius 1 is 1.06 bits per heavy atom. The lowest BCUT2D eigenvalue weighted by Crippen LogP contribution is -2.46. The molecule has 0 saturated heterocycles. The predicted molar refractivity (Wildman–Crippen MR) is 115 cm³/mol. The van der Waals surface area contributed by atoms with Gasteiger partial charge in [-0.3, -0.25) is 14.2 Å². The SMILES string of the molecule is CN(C)CCNC(=O)c1nn(-c2ccccc2F)c(=O)n(Cc2ccc(C(F)(F)F)cc2)c1=O. The fraction of sp³-hybridized carbons (Fsp3) is 0.273. The first kappa shape index (κ1) is 24.8. The number of rotatable bonds is 7. The molecule has 0 aliphatic carbocycles. The maximum atomic E-state index is 14.4. The highest BCUT2D eigenvalue weighted by Gasteiger charge is 2.30. The van der Waals surface area contributed by atoms with E-state index in [1.54, 1.807) is 19.0 Å². The number of hydrogen-bond acceptors (Lipinski definition) is 5. The number of benzene rings is 2. The molecule has 12 heteroatoms. The van der Waals surface area contributed by atoms with E-state index in [0.717, 1.165) is 30.3 Å². The number of hydrogen-bond donors (Lipinski definition) is 1. The van der Waals surface area contributed by atoms with Gasteiger partial charge in [0.15, 0.2) is 0 Å². The Hall–Kier alpha value is -3.80. The van der Waals surface area contributed by atoms with Crippen molar-refractivity contribution in [3.63, 3.8) is 0 Å². The number of aromatic nitrogens is 3. The first-order chi connectivity index (χ1) is 16.0. The van der Waals surface area contributed by atoms with E-state index in [9.17, 15) is 31.9 Å². The van der Waals surface area contributed by atoms with Gasteiger partial charge in [-0.1, -0.05) is 24.3 Å². The van der Waals surface area contributed by atoms with Crippen LogP contribution >= 0.6 is 0 Å². The van der Waals surface area contributed by atoms with Crippen molar-refractivity contribution in [3.05, 3.63) is 92.0 Å². The van der Waals surface area contributed by atoms with Gasteiger partial charge in [0.25, 0.3) is 11.5 Å². The van der Waals surface area contributed by atoms with E-state index < -0.39 is 47.0 Å². The number of para-hydroxylation sites is 1. The summed E-state index contributed by atoms with van der Waals surface area (Å²) in [5.74, 6) is -1.70. The molecule has 3 aromatic rings. The molecule has 1 amide bonds. The number of carbonyl (C=O) groups is 1. The molecular formula is C22H21F4N5O3. The predicted octanol–water partition coefficient (Wildman–Crippen LogP) is 1.89. The highest BCUT2D eigenvalue weighted by Crippen LogP contribution is 2.29. The third kappa shape index (κ3) is 5.57. The summed E-state index contributed by atoms with van der Waals surface area (Å²) in [6, 6.07) is 8.98. The van der Waals surface area contributed by atoms with Gasteiger partial charge in [-0.15, -0.1) is 0 Å². The topological polar surface area (TPSA) is 89.2 Å². The van der Waals surface area contributed by atoms with Crippen LogP contribution in [0, 0.1) is 5.82 Å². The molecule has 0 bridgehead atoms. The summed E-state index contributed by atoms with van der Waals surface area (Å²) in [5, 5.41) is 6.31. The Balaban J connectivity index is 2.09. The van der Waals surface area contributed by atoms with E-state index in [1.807, 2.05) is 0 Å². The van der Waals surface area contributed by atoms with Crippen molar-refractivity contribution in [3.8, 4) is 5.69 Å². The smallest absolute Gasteiger partial charge is 0.349 e. The number of amides is 1. The zero-order valence-electron chi connectivity index (χ0n) is 18.3. The molecule has 0 fully saturated rings. The Morgan fingerprint density at radius 2 is 1.71 bits per heavy atom. The summed E-state index contributed by atoms with van der Waals surface area (Å²) in [6.07, 6.45) is -4.55. The van der Waals surface area contributed by atoms with Gasteiger partial charge in [-0.05, 0) is 43.9 Å². The number of halogens is 4. The fourth-order valence-electron chi connectivity index (χ4n) is 3.04. The van der Waals surface area contributed by atoms with E-state index in [2.05, 4.69) is 10.4 Å². The summed E-state index contributed by atoms with van der Waals surface area (Å²) in [4.78, 5) is 40.4. The van der Waals surface area contributed by atoms with Crippen molar-refractivity contribution >= 4 is 5.91 Å². The molecule has 8 nitrogen and oxygen atoms in total. The van der Waals surface area contributed by atoms with Gasteiger partial charge in [0.2, 0.25) is 5.69 Å². The van der Waals surface area contributed by atoms with Gasteiger partial charge in [0.1, 0.15) is 11.5 Å². The highest BCUT2D eigenvalue weighted by atomic mass is 19.4. The van der Waals surface area contributed by atoms with Crippen LogP contribution in [-0.4, -0.2) is 52.3 Å². The second-order valence-electron chi connectivity index (χ2n) is 7.64. The van der Waals surface area contributed by atoms with Gasteiger partial charge < -0.3 is 10.2 Å². The summed E-state index contributed by atoms with van der Waals surface area (Å²) in [7, 11) is 3.56. The number of alkyl halides is 3. The average molecular weight is 479 g/mol.